The fourth-order valence-corrected chi connectivity index (χ4v) is 3.80. The lowest BCUT2D eigenvalue weighted by Crippen LogP contribution is -2.46. The molecule has 0 N–H and O–H groups in total. The van der Waals surface area contributed by atoms with Gasteiger partial charge in [-0.3, -0.25) is 9.88 Å². The largest absolute Gasteiger partial charge is 0.360 e. The van der Waals surface area contributed by atoms with Crippen LogP contribution < -0.4 is 4.90 Å². The number of hydrogen-bond donors (Lipinski definition) is 0. The van der Waals surface area contributed by atoms with Gasteiger partial charge in [-0.2, -0.15) is 0 Å². The normalized spacial score (nSPS) is 20.4. The molecule has 2 fully saturated rings. The number of aromatic nitrogens is 3. The van der Waals surface area contributed by atoms with E-state index in [2.05, 4.69) is 31.0 Å². The van der Waals surface area contributed by atoms with Crippen LogP contribution in [0.4, 0.5) is 5.82 Å². The van der Waals surface area contributed by atoms with Crippen molar-refractivity contribution in [2.75, 3.05) is 31.1 Å². The van der Waals surface area contributed by atoms with Gasteiger partial charge in [0.2, 0.25) is 0 Å². The molecule has 6 heteroatoms. The molecule has 0 amide bonds. The third kappa shape index (κ3) is 3.59. The Balaban J connectivity index is 1.30. The molecule has 0 unspecified atom stereocenters. The van der Waals surface area contributed by atoms with E-state index in [-0.39, 0.29) is 0 Å². The minimum atomic E-state index is 0.616. The maximum atomic E-state index is 5.60. The summed E-state index contributed by atoms with van der Waals surface area (Å²) in [6.45, 7) is 4.82. The van der Waals surface area contributed by atoms with Crippen LogP contribution in [0.5, 0.6) is 0 Å². The molecule has 1 saturated heterocycles. The lowest BCUT2D eigenvalue weighted by molar-refractivity contribution is 0.218. The molecule has 128 valence electrons. The van der Waals surface area contributed by atoms with Crippen molar-refractivity contribution in [2.24, 2.45) is 0 Å². The van der Waals surface area contributed by atoms with Crippen LogP contribution in [0.1, 0.15) is 49.5 Å². The van der Waals surface area contributed by atoms with Crippen molar-refractivity contribution in [2.45, 2.75) is 44.6 Å². The first-order valence-corrected chi connectivity index (χ1v) is 9.07. The first-order chi connectivity index (χ1) is 11.9. The van der Waals surface area contributed by atoms with Crippen LogP contribution in [0.25, 0.3) is 0 Å². The molecule has 1 saturated carbocycles. The van der Waals surface area contributed by atoms with Crippen LogP contribution in [0.3, 0.4) is 0 Å². The van der Waals surface area contributed by atoms with E-state index in [1.165, 1.54) is 37.8 Å². The van der Waals surface area contributed by atoms with Crippen LogP contribution in [-0.4, -0.2) is 46.2 Å². The zero-order chi connectivity index (χ0) is 16.2. The average Bonchev–Trinajstić information content (AvgIpc) is 3.12. The van der Waals surface area contributed by atoms with Crippen molar-refractivity contribution in [1.82, 2.24) is 20.0 Å². The highest BCUT2D eigenvalue weighted by Gasteiger charge is 2.22. The fraction of sp³-hybridized carbons (Fsp3) is 0.611. The van der Waals surface area contributed by atoms with E-state index in [4.69, 9.17) is 4.52 Å². The van der Waals surface area contributed by atoms with Crippen LogP contribution >= 0.6 is 0 Å². The van der Waals surface area contributed by atoms with Gasteiger partial charge in [0.25, 0.3) is 0 Å². The van der Waals surface area contributed by atoms with Crippen molar-refractivity contribution in [3.05, 3.63) is 36.1 Å². The Hall–Kier alpha value is -1.95. The van der Waals surface area contributed by atoms with Gasteiger partial charge in [-0.15, -0.1) is 0 Å². The Morgan fingerprint density at radius 3 is 2.62 bits per heavy atom. The van der Waals surface area contributed by atoms with Gasteiger partial charge >= 0.3 is 0 Å². The fourth-order valence-electron chi connectivity index (χ4n) is 3.80. The Morgan fingerprint density at radius 1 is 1.04 bits per heavy atom. The molecule has 1 aliphatic carbocycles. The maximum absolute atomic E-state index is 5.60. The van der Waals surface area contributed by atoms with E-state index >= 15 is 0 Å². The molecule has 0 aromatic carbocycles. The topological polar surface area (TPSA) is 58.3 Å². The van der Waals surface area contributed by atoms with Crippen molar-refractivity contribution in [1.29, 1.82) is 0 Å². The van der Waals surface area contributed by atoms with E-state index in [1.54, 1.807) is 12.4 Å². The monoisotopic (exact) mass is 327 g/mol. The van der Waals surface area contributed by atoms with E-state index < -0.39 is 0 Å². The lowest BCUT2D eigenvalue weighted by atomic mass is 9.87. The van der Waals surface area contributed by atoms with Crippen LogP contribution in [0.2, 0.25) is 0 Å². The summed E-state index contributed by atoms with van der Waals surface area (Å²) in [5.74, 6) is 2.59. The van der Waals surface area contributed by atoms with E-state index in [0.29, 0.717) is 5.92 Å². The summed E-state index contributed by atoms with van der Waals surface area (Å²) in [5.41, 5.74) is 1.17. The Kier molecular flexibility index (Phi) is 4.74. The zero-order valence-electron chi connectivity index (χ0n) is 14.1. The molecular formula is C18H25N5O. The molecule has 24 heavy (non-hydrogen) atoms. The SMILES string of the molecule is c1cnc(N2CCN(Cc3cc(C4CCCCC4)no3)CC2)cn1. The number of rotatable bonds is 4. The molecule has 2 aromatic rings. The Bertz CT molecular complexity index is 630. The summed E-state index contributed by atoms with van der Waals surface area (Å²) in [4.78, 5) is 13.3. The molecule has 1 aliphatic heterocycles. The van der Waals surface area contributed by atoms with Gasteiger partial charge in [0.05, 0.1) is 18.4 Å². The summed E-state index contributed by atoms with van der Waals surface area (Å²) in [5, 5.41) is 4.34. The van der Waals surface area contributed by atoms with Gasteiger partial charge in [0, 0.05) is 50.6 Å². The Labute approximate surface area is 142 Å². The van der Waals surface area contributed by atoms with E-state index in [9.17, 15) is 0 Å². The van der Waals surface area contributed by atoms with Crippen LogP contribution in [0, 0.1) is 0 Å². The van der Waals surface area contributed by atoms with E-state index in [1.807, 2.05) is 6.20 Å². The van der Waals surface area contributed by atoms with Crippen LogP contribution in [-0.2, 0) is 6.54 Å². The van der Waals surface area contributed by atoms with Crippen molar-refractivity contribution in [3.63, 3.8) is 0 Å². The van der Waals surface area contributed by atoms with Crippen LogP contribution in [0.15, 0.2) is 29.2 Å². The van der Waals surface area contributed by atoms with Crippen molar-refractivity contribution in [3.8, 4) is 0 Å². The molecule has 2 aliphatic rings. The molecule has 0 radical (unpaired) electrons. The molecule has 0 spiro atoms. The minimum Gasteiger partial charge on any atom is -0.360 e. The molecule has 4 rings (SSSR count). The summed E-state index contributed by atoms with van der Waals surface area (Å²) in [6, 6.07) is 2.19. The van der Waals surface area contributed by atoms with Gasteiger partial charge < -0.3 is 9.42 Å². The summed E-state index contributed by atoms with van der Waals surface area (Å²) in [6.07, 6.45) is 11.9. The standard InChI is InChI=1S/C18H25N5O/c1-2-4-15(5-3-1)17-12-16(24-21-17)14-22-8-10-23(11-9-22)18-13-19-6-7-20-18/h6-7,12-13,15H,1-5,8-11,14H2. The third-order valence-corrected chi connectivity index (χ3v) is 5.23. The summed E-state index contributed by atoms with van der Waals surface area (Å²) < 4.78 is 5.60. The number of hydrogen-bond acceptors (Lipinski definition) is 6. The van der Waals surface area contributed by atoms with Crippen molar-refractivity contribution < 1.29 is 4.52 Å². The van der Waals surface area contributed by atoms with Gasteiger partial charge in [-0.05, 0) is 12.8 Å². The lowest BCUT2D eigenvalue weighted by Gasteiger charge is -2.34. The number of anilines is 1. The highest BCUT2D eigenvalue weighted by atomic mass is 16.5. The predicted molar refractivity (Wildman–Crippen MR) is 91.9 cm³/mol. The molecular weight excluding hydrogens is 302 g/mol. The second-order valence-electron chi connectivity index (χ2n) is 6.88. The predicted octanol–water partition coefficient (Wildman–Crippen LogP) is 2.83. The van der Waals surface area contributed by atoms with Gasteiger partial charge in [0.1, 0.15) is 5.82 Å². The second-order valence-corrected chi connectivity index (χ2v) is 6.88. The Morgan fingerprint density at radius 2 is 1.88 bits per heavy atom. The summed E-state index contributed by atoms with van der Waals surface area (Å²) >= 11 is 0. The molecule has 0 bridgehead atoms. The third-order valence-electron chi connectivity index (χ3n) is 5.23. The van der Waals surface area contributed by atoms with Gasteiger partial charge in [0.15, 0.2) is 5.76 Å². The quantitative estimate of drug-likeness (QED) is 0.860. The first kappa shape index (κ1) is 15.6. The summed E-state index contributed by atoms with van der Waals surface area (Å²) in [7, 11) is 0. The number of piperazine rings is 1. The highest BCUT2D eigenvalue weighted by molar-refractivity contribution is 5.35. The first-order valence-electron chi connectivity index (χ1n) is 9.07. The molecule has 0 atom stereocenters. The van der Waals surface area contributed by atoms with Gasteiger partial charge in [-0.1, -0.05) is 24.4 Å². The smallest absolute Gasteiger partial charge is 0.150 e. The molecule has 6 nitrogen and oxygen atoms in total. The minimum absolute atomic E-state index is 0.616. The molecule has 2 aromatic heterocycles. The van der Waals surface area contributed by atoms with Crippen molar-refractivity contribution >= 4 is 5.82 Å². The van der Waals surface area contributed by atoms with Gasteiger partial charge in [-0.25, -0.2) is 4.98 Å². The maximum Gasteiger partial charge on any atom is 0.150 e. The second kappa shape index (κ2) is 7.30. The number of nitrogens with zero attached hydrogens (tertiary/aromatic N) is 5. The zero-order valence-corrected chi connectivity index (χ0v) is 14.1. The average molecular weight is 327 g/mol. The highest BCUT2D eigenvalue weighted by Crippen LogP contribution is 2.32. The molecule has 3 heterocycles. The van der Waals surface area contributed by atoms with E-state index in [0.717, 1.165) is 44.3 Å².